The maximum Gasteiger partial charge on any atom is 0.335 e. The maximum absolute atomic E-state index is 11.0. The molecule has 1 N–H and O–H groups in total. The second-order valence-electron chi connectivity index (χ2n) is 5.90. The number of rotatable bonds is 3. The summed E-state index contributed by atoms with van der Waals surface area (Å²) in [5.41, 5.74) is 1.55. The van der Waals surface area contributed by atoms with Crippen LogP contribution in [0.2, 0.25) is 0 Å². The maximum atomic E-state index is 11.0. The van der Waals surface area contributed by atoms with Crippen LogP contribution in [0, 0.1) is 6.92 Å². The lowest BCUT2D eigenvalue weighted by Crippen LogP contribution is -2.00. The van der Waals surface area contributed by atoms with Crippen molar-refractivity contribution in [3.05, 3.63) is 46.1 Å². The van der Waals surface area contributed by atoms with E-state index in [1.54, 1.807) is 23.5 Å². The Morgan fingerprint density at radius 3 is 2.67 bits per heavy atom. The van der Waals surface area contributed by atoms with E-state index in [2.05, 4.69) is 9.97 Å². The monoisotopic (exact) mass is 340 g/mol. The molecule has 1 aromatic carbocycles. The largest absolute Gasteiger partial charge is 0.478 e. The first-order valence-electron chi connectivity index (χ1n) is 7.92. The lowest BCUT2D eigenvalue weighted by atomic mass is 9.97. The fourth-order valence-electron chi connectivity index (χ4n) is 3.08. The average molecular weight is 340 g/mol. The van der Waals surface area contributed by atoms with Gasteiger partial charge in [0.1, 0.15) is 16.4 Å². The summed E-state index contributed by atoms with van der Waals surface area (Å²) < 4.78 is 5.99. The fourth-order valence-corrected chi connectivity index (χ4v) is 4.37. The molecule has 0 spiro atoms. The van der Waals surface area contributed by atoms with Gasteiger partial charge in [-0.15, -0.1) is 11.3 Å². The SMILES string of the molecule is Cc1nc(Oc2ccc(C(=O)O)cc2)c2c3c(sc2n1)CCCC3. The minimum atomic E-state index is -0.950. The van der Waals surface area contributed by atoms with Crippen LogP contribution in [-0.4, -0.2) is 21.0 Å². The summed E-state index contributed by atoms with van der Waals surface area (Å²) in [6, 6.07) is 6.38. The zero-order valence-electron chi connectivity index (χ0n) is 13.2. The molecule has 0 unspecified atom stereocenters. The molecular weight excluding hydrogens is 324 g/mol. The van der Waals surface area contributed by atoms with Gasteiger partial charge in [0, 0.05) is 4.88 Å². The molecule has 1 aliphatic rings. The van der Waals surface area contributed by atoms with Crippen LogP contribution in [0.25, 0.3) is 10.2 Å². The minimum Gasteiger partial charge on any atom is -0.478 e. The predicted molar refractivity (Wildman–Crippen MR) is 92.3 cm³/mol. The Balaban J connectivity index is 1.78. The molecule has 1 aliphatic carbocycles. The second-order valence-corrected chi connectivity index (χ2v) is 6.98. The van der Waals surface area contributed by atoms with Crippen molar-refractivity contribution in [1.29, 1.82) is 0 Å². The number of hydrogen-bond donors (Lipinski definition) is 1. The summed E-state index contributed by atoms with van der Waals surface area (Å²) >= 11 is 1.74. The summed E-state index contributed by atoms with van der Waals surface area (Å²) in [6.45, 7) is 1.86. The van der Waals surface area contributed by atoms with Gasteiger partial charge in [-0.1, -0.05) is 0 Å². The molecule has 4 rings (SSSR count). The molecule has 122 valence electrons. The lowest BCUT2D eigenvalue weighted by molar-refractivity contribution is 0.0697. The van der Waals surface area contributed by atoms with Crippen molar-refractivity contribution >= 4 is 27.5 Å². The number of hydrogen-bond acceptors (Lipinski definition) is 5. The van der Waals surface area contributed by atoms with E-state index in [-0.39, 0.29) is 5.56 Å². The number of carboxylic acids is 1. The van der Waals surface area contributed by atoms with Crippen LogP contribution in [0.3, 0.4) is 0 Å². The van der Waals surface area contributed by atoms with Gasteiger partial charge in [-0.3, -0.25) is 0 Å². The lowest BCUT2D eigenvalue weighted by Gasteiger charge is -2.12. The van der Waals surface area contributed by atoms with Crippen molar-refractivity contribution < 1.29 is 14.6 Å². The van der Waals surface area contributed by atoms with Crippen molar-refractivity contribution in [3.63, 3.8) is 0 Å². The van der Waals surface area contributed by atoms with Crippen molar-refractivity contribution in [1.82, 2.24) is 9.97 Å². The first-order valence-corrected chi connectivity index (χ1v) is 8.73. The number of thiophene rings is 1. The van der Waals surface area contributed by atoms with Crippen LogP contribution in [0.5, 0.6) is 11.6 Å². The van der Waals surface area contributed by atoms with E-state index in [4.69, 9.17) is 9.84 Å². The highest BCUT2D eigenvalue weighted by Crippen LogP contribution is 2.40. The Kier molecular flexibility index (Phi) is 3.69. The summed E-state index contributed by atoms with van der Waals surface area (Å²) in [5, 5.41) is 10.0. The third kappa shape index (κ3) is 2.63. The molecule has 24 heavy (non-hydrogen) atoms. The molecule has 0 radical (unpaired) electrons. The van der Waals surface area contributed by atoms with Crippen molar-refractivity contribution in [2.45, 2.75) is 32.6 Å². The molecule has 0 bridgehead atoms. The predicted octanol–water partition coefficient (Wildman–Crippen LogP) is 4.37. The fraction of sp³-hybridized carbons (Fsp3) is 0.278. The highest BCUT2D eigenvalue weighted by Gasteiger charge is 2.21. The van der Waals surface area contributed by atoms with Crippen molar-refractivity contribution in [3.8, 4) is 11.6 Å². The van der Waals surface area contributed by atoms with Crippen molar-refractivity contribution in [2.24, 2.45) is 0 Å². The summed E-state index contributed by atoms with van der Waals surface area (Å²) in [7, 11) is 0. The van der Waals surface area contributed by atoms with Gasteiger partial charge in [0.25, 0.3) is 0 Å². The molecule has 6 heteroatoms. The number of aryl methyl sites for hydroxylation is 3. The molecule has 0 aliphatic heterocycles. The first-order chi connectivity index (χ1) is 11.6. The van der Waals surface area contributed by atoms with Crippen LogP contribution < -0.4 is 4.74 Å². The van der Waals surface area contributed by atoms with Crippen LogP contribution in [-0.2, 0) is 12.8 Å². The van der Waals surface area contributed by atoms with E-state index >= 15 is 0 Å². The number of aromatic nitrogens is 2. The zero-order chi connectivity index (χ0) is 16.7. The molecule has 2 heterocycles. The van der Waals surface area contributed by atoms with Gasteiger partial charge < -0.3 is 9.84 Å². The Bertz CT molecular complexity index is 932. The quantitative estimate of drug-likeness (QED) is 0.766. The number of carboxylic acid groups (broad SMARTS) is 1. The van der Waals surface area contributed by atoms with Gasteiger partial charge in [0.2, 0.25) is 5.88 Å². The second kappa shape index (κ2) is 5.87. The molecule has 0 saturated carbocycles. The minimum absolute atomic E-state index is 0.235. The Morgan fingerprint density at radius 2 is 1.92 bits per heavy atom. The standard InChI is InChI=1S/C18H16N2O3S/c1-10-19-16(23-12-8-6-11(7-9-12)18(21)22)15-13-4-2-3-5-14(13)24-17(15)20-10/h6-9H,2-5H2,1H3,(H,21,22). The number of fused-ring (bicyclic) bond motifs is 3. The molecule has 0 amide bonds. The number of nitrogens with zero attached hydrogens (tertiary/aromatic N) is 2. The first kappa shape index (κ1) is 15.1. The molecule has 2 aromatic heterocycles. The number of benzene rings is 1. The van der Waals surface area contributed by atoms with Gasteiger partial charge in [-0.05, 0) is 62.4 Å². The Morgan fingerprint density at radius 1 is 1.17 bits per heavy atom. The summed E-state index contributed by atoms with van der Waals surface area (Å²) in [6.07, 6.45) is 4.54. The molecule has 0 fully saturated rings. The van der Waals surface area contributed by atoms with Gasteiger partial charge >= 0.3 is 5.97 Å². The normalized spacial score (nSPS) is 13.7. The average Bonchev–Trinajstić information content (AvgIpc) is 2.93. The van der Waals surface area contributed by atoms with Gasteiger partial charge in [0.15, 0.2) is 0 Å². The van der Waals surface area contributed by atoms with E-state index in [0.29, 0.717) is 17.5 Å². The third-order valence-corrected chi connectivity index (χ3v) is 5.39. The topological polar surface area (TPSA) is 72.3 Å². The molecule has 0 saturated heterocycles. The van der Waals surface area contributed by atoms with Crippen LogP contribution in [0.4, 0.5) is 0 Å². The number of carbonyl (C=O) groups is 1. The Labute approximate surface area is 143 Å². The van der Waals surface area contributed by atoms with E-state index in [1.807, 2.05) is 6.92 Å². The van der Waals surface area contributed by atoms with Crippen LogP contribution in [0.15, 0.2) is 24.3 Å². The number of aromatic carboxylic acids is 1. The van der Waals surface area contributed by atoms with E-state index in [9.17, 15) is 4.79 Å². The van der Waals surface area contributed by atoms with Gasteiger partial charge in [-0.2, -0.15) is 4.98 Å². The van der Waals surface area contributed by atoms with Gasteiger partial charge in [0.05, 0.1) is 10.9 Å². The van der Waals surface area contributed by atoms with E-state index < -0.39 is 5.97 Å². The zero-order valence-corrected chi connectivity index (χ0v) is 14.0. The van der Waals surface area contributed by atoms with E-state index in [0.717, 1.165) is 23.1 Å². The number of ether oxygens (including phenoxy) is 1. The van der Waals surface area contributed by atoms with E-state index in [1.165, 1.54) is 35.4 Å². The van der Waals surface area contributed by atoms with Crippen molar-refractivity contribution in [2.75, 3.05) is 0 Å². The molecule has 3 aromatic rings. The summed E-state index contributed by atoms with van der Waals surface area (Å²) in [5.74, 6) is 0.877. The smallest absolute Gasteiger partial charge is 0.335 e. The highest BCUT2D eigenvalue weighted by molar-refractivity contribution is 7.18. The van der Waals surface area contributed by atoms with Crippen LogP contribution in [0.1, 0.15) is 39.5 Å². The molecular formula is C18H16N2O3S. The van der Waals surface area contributed by atoms with Gasteiger partial charge in [-0.25, -0.2) is 9.78 Å². The molecule has 0 atom stereocenters. The summed E-state index contributed by atoms with van der Waals surface area (Å²) in [4.78, 5) is 22.4. The van der Waals surface area contributed by atoms with Crippen LogP contribution >= 0.6 is 11.3 Å². The third-order valence-electron chi connectivity index (χ3n) is 4.21. The Hall–Kier alpha value is -2.47. The molecule has 5 nitrogen and oxygen atoms in total. The highest BCUT2D eigenvalue weighted by atomic mass is 32.1.